The maximum absolute atomic E-state index is 4.29. The van der Waals surface area contributed by atoms with Gasteiger partial charge in [0.2, 0.25) is 0 Å². The van der Waals surface area contributed by atoms with Crippen LogP contribution in [0.5, 0.6) is 0 Å². The minimum absolute atomic E-state index is 0.906. The van der Waals surface area contributed by atoms with Crippen LogP contribution in [0.2, 0.25) is 0 Å². The van der Waals surface area contributed by atoms with E-state index in [-0.39, 0.29) is 0 Å². The van der Waals surface area contributed by atoms with Gasteiger partial charge in [-0.3, -0.25) is 0 Å². The molecule has 2 aromatic heterocycles. The molecule has 0 saturated carbocycles. The number of benzene rings is 1. The molecule has 0 unspecified atom stereocenters. The van der Waals surface area contributed by atoms with Crippen molar-refractivity contribution in [2.24, 2.45) is 7.05 Å². The molecule has 0 radical (unpaired) electrons. The first kappa shape index (κ1) is 6.97. The van der Waals surface area contributed by atoms with Crippen LogP contribution in [0.15, 0.2) is 18.5 Å². The lowest BCUT2D eigenvalue weighted by Crippen LogP contribution is -1.82. The molecular formula is C8H6N4S. The lowest BCUT2D eigenvalue weighted by Gasteiger charge is -1.92. The van der Waals surface area contributed by atoms with Gasteiger partial charge < -0.3 is 4.57 Å². The van der Waals surface area contributed by atoms with Gasteiger partial charge in [0.25, 0.3) is 0 Å². The molecule has 3 rings (SSSR count). The van der Waals surface area contributed by atoms with E-state index in [2.05, 4.69) is 13.7 Å². The van der Waals surface area contributed by atoms with Crippen molar-refractivity contribution < 1.29 is 0 Å². The van der Waals surface area contributed by atoms with Gasteiger partial charge in [-0.05, 0) is 12.1 Å². The van der Waals surface area contributed by atoms with Gasteiger partial charge in [0.05, 0.1) is 23.6 Å². The van der Waals surface area contributed by atoms with E-state index in [1.54, 1.807) is 6.33 Å². The maximum atomic E-state index is 4.29. The van der Waals surface area contributed by atoms with Gasteiger partial charge in [0, 0.05) is 7.05 Å². The molecular weight excluding hydrogens is 184 g/mol. The fourth-order valence-corrected chi connectivity index (χ4v) is 1.98. The second-order valence-corrected chi connectivity index (χ2v) is 3.45. The maximum Gasteiger partial charge on any atom is 0.132 e. The summed E-state index contributed by atoms with van der Waals surface area (Å²) in [5.41, 5.74) is 3.87. The average molecular weight is 190 g/mol. The number of hydrogen-bond donors (Lipinski definition) is 0. The highest BCUT2D eigenvalue weighted by Gasteiger charge is 2.07. The van der Waals surface area contributed by atoms with Crippen LogP contribution in [0.25, 0.3) is 22.1 Å². The summed E-state index contributed by atoms with van der Waals surface area (Å²) in [6.45, 7) is 0. The summed E-state index contributed by atoms with van der Waals surface area (Å²) in [6.07, 6.45) is 1.80. The Balaban J connectivity index is 2.66. The molecule has 0 saturated heterocycles. The fraction of sp³-hybridized carbons (Fsp3) is 0.125. The van der Waals surface area contributed by atoms with Crippen molar-refractivity contribution in [3.63, 3.8) is 0 Å². The Morgan fingerprint density at radius 3 is 3.08 bits per heavy atom. The zero-order chi connectivity index (χ0) is 8.84. The molecule has 0 N–H and O–H groups in total. The van der Waals surface area contributed by atoms with E-state index in [0.717, 1.165) is 22.1 Å². The van der Waals surface area contributed by atoms with E-state index in [1.807, 2.05) is 23.7 Å². The Morgan fingerprint density at radius 1 is 1.23 bits per heavy atom. The monoisotopic (exact) mass is 190 g/mol. The topological polar surface area (TPSA) is 43.6 Å². The number of aromatic nitrogens is 4. The summed E-state index contributed by atoms with van der Waals surface area (Å²) in [5, 5.41) is 0. The number of fused-ring (bicyclic) bond motifs is 3. The highest BCUT2D eigenvalue weighted by atomic mass is 32.1. The highest BCUT2D eigenvalue weighted by molar-refractivity contribution is 7.00. The van der Waals surface area contributed by atoms with E-state index in [1.165, 1.54) is 11.7 Å². The van der Waals surface area contributed by atoms with Crippen LogP contribution in [-0.2, 0) is 7.05 Å². The summed E-state index contributed by atoms with van der Waals surface area (Å²) in [6, 6.07) is 3.99. The predicted octanol–water partition coefficient (Wildman–Crippen LogP) is 1.58. The largest absolute Gasteiger partial charge is 0.334 e. The quantitative estimate of drug-likeness (QED) is 0.540. The highest BCUT2D eigenvalue weighted by Crippen LogP contribution is 2.21. The average Bonchev–Trinajstić information content (AvgIpc) is 2.70. The first-order chi connectivity index (χ1) is 6.36. The molecule has 0 aliphatic rings. The molecule has 0 atom stereocenters. The smallest absolute Gasteiger partial charge is 0.132 e. The van der Waals surface area contributed by atoms with Crippen molar-refractivity contribution in [3.8, 4) is 0 Å². The summed E-state index contributed by atoms with van der Waals surface area (Å²) in [7, 11) is 1.97. The molecule has 3 aromatic rings. The molecule has 64 valence electrons. The van der Waals surface area contributed by atoms with Crippen molar-refractivity contribution in [2.45, 2.75) is 0 Å². The molecule has 0 aliphatic heterocycles. The van der Waals surface area contributed by atoms with Crippen molar-refractivity contribution in [3.05, 3.63) is 18.5 Å². The third kappa shape index (κ3) is 0.818. The molecule has 0 amide bonds. The summed E-state index contributed by atoms with van der Waals surface area (Å²) in [5.74, 6) is 0. The van der Waals surface area contributed by atoms with Crippen LogP contribution in [0.1, 0.15) is 0 Å². The second-order valence-electron chi connectivity index (χ2n) is 2.92. The normalized spacial score (nSPS) is 11.5. The Hall–Kier alpha value is -1.49. The Kier molecular flexibility index (Phi) is 1.21. The molecule has 13 heavy (non-hydrogen) atoms. The first-order valence-corrected chi connectivity index (χ1v) is 4.61. The van der Waals surface area contributed by atoms with Crippen LogP contribution >= 0.6 is 11.7 Å². The van der Waals surface area contributed by atoms with Crippen LogP contribution in [0.3, 0.4) is 0 Å². The van der Waals surface area contributed by atoms with E-state index < -0.39 is 0 Å². The summed E-state index contributed by atoms with van der Waals surface area (Å²) >= 11 is 1.23. The van der Waals surface area contributed by atoms with Gasteiger partial charge in [-0.15, -0.1) is 0 Å². The third-order valence-electron chi connectivity index (χ3n) is 2.12. The fourth-order valence-electron chi connectivity index (χ4n) is 1.45. The molecule has 0 spiro atoms. The zero-order valence-corrected chi connectivity index (χ0v) is 7.75. The van der Waals surface area contributed by atoms with Crippen molar-refractivity contribution >= 4 is 33.8 Å². The van der Waals surface area contributed by atoms with Crippen molar-refractivity contribution in [1.29, 1.82) is 0 Å². The van der Waals surface area contributed by atoms with Crippen LogP contribution < -0.4 is 0 Å². The Morgan fingerprint density at radius 2 is 2.15 bits per heavy atom. The lowest BCUT2D eigenvalue weighted by atomic mass is 10.2. The van der Waals surface area contributed by atoms with Crippen LogP contribution in [0.4, 0.5) is 0 Å². The number of rotatable bonds is 0. The van der Waals surface area contributed by atoms with Crippen molar-refractivity contribution in [2.75, 3.05) is 0 Å². The van der Waals surface area contributed by atoms with E-state index in [0.29, 0.717) is 0 Å². The molecule has 4 nitrogen and oxygen atoms in total. The first-order valence-electron chi connectivity index (χ1n) is 3.88. The van der Waals surface area contributed by atoms with Crippen LogP contribution in [-0.4, -0.2) is 18.3 Å². The summed E-state index contributed by atoms with van der Waals surface area (Å²) in [4.78, 5) is 4.29. The Labute approximate surface area is 78.2 Å². The Bertz CT molecular complexity index is 580. The van der Waals surface area contributed by atoms with Crippen molar-refractivity contribution in [1.82, 2.24) is 18.3 Å². The van der Waals surface area contributed by atoms with E-state index in [9.17, 15) is 0 Å². The minimum Gasteiger partial charge on any atom is -0.334 e. The number of aryl methyl sites for hydroxylation is 1. The van der Waals surface area contributed by atoms with Gasteiger partial charge in [0.15, 0.2) is 0 Å². The number of hydrogen-bond acceptors (Lipinski definition) is 4. The number of nitrogens with zero attached hydrogens (tertiary/aromatic N) is 4. The molecule has 1 aromatic carbocycles. The van der Waals surface area contributed by atoms with Gasteiger partial charge in [-0.2, -0.15) is 8.75 Å². The van der Waals surface area contributed by atoms with Gasteiger partial charge >= 0.3 is 0 Å². The summed E-state index contributed by atoms with van der Waals surface area (Å²) < 4.78 is 10.4. The molecule has 0 fully saturated rings. The predicted molar refractivity (Wildman–Crippen MR) is 51.7 cm³/mol. The molecule has 2 heterocycles. The second kappa shape index (κ2) is 2.26. The van der Waals surface area contributed by atoms with E-state index >= 15 is 0 Å². The third-order valence-corrected chi connectivity index (χ3v) is 2.66. The minimum atomic E-state index is 0.906. The molecule has 0 bridgehead atoms. The lowest BCUT2D eigenvalue weighted by molar-refractivity contribution is 0.948. The van der Waals surface area contributed by atoms with Gasteiger partial charge in [0.1, 0.15) is 16.6 Å². The SMILES string of the molecule is Cn1cnc2c3nsnc3ccc21. The standard InChI is InChI=1S/C8H6N4S/c1-12-4-9-8-6(12)3-2-5-7(8)11-13-10-5/h2-4H,1H3. The van der Waals surface area contributed by atoms with Gasteiger partial charge in [-0.1, -0.05) is 0 Å². The van der Waals surface area contributed by atoms with Gasteiger partial charge in [-0.25, -0.2) is 4.98 Å². The zero-order valence-electron chi connectivity index (χ0n) is 6.93. The molecule has 5 heteroatoms. The number of imidazole rings is 1. The molecule has 0 aliphatic carbocycles. The van der Waals surface area contributed by atoms with Crippen LogP contribution in [0, 0.1) is 0 Å². The van der Waals surface area contributed by atoms with E-state index in [4.69, 9.17) is 0 Å².